The molecule has 0 spiro atoms. The minimum absolute atomic E-state index is 0.0201. The first-order valence-electron chi connectivity index (χ1n) is 25.8. The molecule has 0 radical (unpaired) electrons. The number of thiophene rings is 3. The molecule has 0 fully saturated rings. The van der Waals surface area contributed by atoms with E-state index in [-0.39, 0.29) is 16.6 Å². The summed E-state index contributed by atoms with van der Waals surface area (Å²) in [7, 11) is 0. The lowest BCUT2D eigenvalue weighted by Crippen LogP contribution is -2.24. The van der Waals surface area contributed by atoms with Gasteiger partial charge in [-0.15, -0.1) is 34.0 Å². The molecule has 0 aliphatic rings. The zero-order chi connectivity index (χ0) is 59.0. The van der Waals surface area contributed by atoms with Gasteiger partial charge in [-0.25, -0.2) is 74.2 Å². The topological polar surface area (TPSA) is 180 Å². The van der Waals surface area contributed by atoms with E-state index < -0.39 is 0 Å². The summed E-state index contributed by atoms with van der Waals surface area (Å²) < 4.78 is 12.1. The molecule has 0 saturated carbocycles. The van der Waals surface area contributed by atoms with Crippen LogP contribution in [0.2, 0.25) is 0 Å². The molecular formula is C59H89FN14S3. The number of hydrogen-bond acceptors (Lipinski definition) is 17. The third kappa shape index (κ3) is 27.9. The second kappa shape index (κ2) is 33.4. The number of hydrogen-bond donors (Lipinski definition) is 0. The van der Waals surface area contributed by atoms with Gasteiger partial charge in [0.1, 0.15) is 83.0 Å². The number of aryl methyl sites for hydroxylation is 13. The van der Waals surface area contributed by atoms with Crippen molar-refractivity contribution in [2.45, 2.75) is 209 Å². The molecule has 0 atom stereocenters. The van der Waals surface area contributed by atoms with Crippen LogP contribution in [0, 0.1) is 103 Å². The second-order valence-electron chi connectivity index (χ2n) is 21.3. The van der Waals surface area contributed by atoms with E-state index in [9.17, 15) is 4.39 Å². The molecule has 8 aromatic heterocycles. The average Bonchev–Trinajstić information content (AvgIpc) is 3.99. The van der Waals surface area contributed by atoms with Gasteiger partial charge >= 0.3 is 0 Å². The van der Waals surface area contributed by atoms with Gasteiger partial charge in [0.15, 0.2) is 0 Å². The highest BCUT2D eigenvalue weighted by atomic mass is 32.1. The van der Waals surface area contributed by atoms with Crippen LogP contribution < -0.4 is 0 Å². The van der Waals surface area contributed by atoms with Gasteiger partial charge in [-0.05, 0) is 148 Å². The standard InChI is InChI=1S/C12H21N3.C10H17N3.C9H14N2.C7H10S.C6H9N3.C6H8S.C5H5FS.C4H5N3/c1-8-13-9(11(2,3)4)15-10(14-8)12(5,6)7;1-6(2)9-11-8(5)12-10(13-9)7(3)4;1-6(2)9-7(3)8(4)10-5-11-9;1-5-4-6(2)8-7(5)3;1-4-7-5(2)9-6(3)8-4;1-5-3-4-7-6(5)2;1-4-5(6)2-3-7-4;1-4-6-2-5-3-7-4/h1-7H3;6-7H,1-5H3;5-6H,1-4H3;4H,1-3H3;1-3H3;3-4H,1-2H3;2*2-3H,1H3. The molecule has 0 aromatic carbocycles. The van der Waals surface area contributed by atoms with Crippen molar-refractivity contribution in [2.24, 2.45) is 0 Å². The summed E-state index contributed by atoms with van der Waals surface area (Å²) >= 11 is 5.10. The van der Waals surface area contributed by atoms with Gasteiger partial charge < -0.3 is 0 Å². The van der Waals surface area contributed by atoms with E-state index >= 15 is 0 Å². The molecule has 0 N–H and O–H groups in total. The van der Waals surface area contributed by atoms with Crippen molar-refractivity contribution in [1.82, 2.24) is 69.8 Å². The van der Waals surface area contributed by atoms with Crippen molar-refractivity contribution >= 4 is 34.0 Å². The fourth-order valence-electron chi connectivity index (χ4n) is 5.98. The monoisotopic (exact) mass is 1110 g/mol. The van der Waals surface area contributed by atoms with Gasteiger partial charge in [0.05, 0.1) is 0 Å². The first kappa shape index (κ1) is 69.2. The number of nitrogens with zero attached hydrogens (tertiary/aromatic N) is 14. The first-order chi connectivity index (χ1) is 35.6. The first-order valence-corrected chi connectivity index (χ1v) is 28.4. The summed E-state index contributed by atoms with van der Waals surface area (Å²) in [5.41, 5.74) is 6.27. The summed E-state index contributed by atoms with van der Waals surface area (Å²) in [4.78, 5) is 62.9. The van der Waals surface area contributed by atoms with Crippen LogP contribution in [0.4, 0.5) is 4.39 Å². The third-order valence-corrected chi connectivity index (χ3v) is 13.5. The van der Waals surface area contributed by atoms with Crippen LogP contribution >= 0.6 is 34.0 Å². The lowest BCUT2D eigenvalue weighted by molar-refractivity contribution is 0.491. The third-order valence-electron chi connectivity index (χ3n) is 10.6. The van der Waals surface area contributed by atoms with Gasteiger partial charge in [-0.1, -0.05) is 83.1 Å². The lowest BCUT2D eigenvalue weighted by Gasteiger charge is -2.22. The van der Waals surface area contributed by atoms with E-state index in [2.05, 4.69) is 212 Å². The van der Waals surface area contributed by atoms with Crippen molar-refractivity contribution in [1.29, 1.82) is 0 Å². The van der Waals surface area contributed by atoms with E-state index in [4.69, 9.17) is 0 Å². The molecule has 8 heterocycles. The maximum atomic E-state index is 12.1. The van der Waals surface area contributed by atoms with Gasteiger partial charge in [0.25, 0.3) is 0 Å². The SMILES string of the molecule is Cc1cc(C)c(C)s1.Cc1ccsc1C.Cc1nc(C(C)(C)C)nc(C(C)(C)C)n1.Cc1nc(C(C)C)nc(C(C)C)n1.Cc1nc(C)nc(C)n1.Cc1ncnc(C(C)C)c1C.Cc1ncncn1.Cc1sccc1F. The maximum absolute atomic E-state index is 12.1. The molecule has 0 aliphatic heterocycles. The van der Waals surface area contributed by atoms with E-state index in [1.165, 1.54) is 61.4 Å². The van der Waals surface area contributed by atoms with Crippen LogP contribution in [0.3, 0.4) is 0 Å². The number of rotatable bonds is 3. The van der Waals surface area contributed by atoms with Crippen LogP contribution in [0.1, 0.15) is 207 Å². The lowest BCUT2D eigenvalue weighted by atomic mass is 9.93. The van der Waals surface area contributed by atoms with Gasteiger partial charge in [-0.3, -0.25) is 0 Å². The van der Waals surface area contributed by atoms with Crippen LogP contribution in [0.25, 0.3) is 0 Å². The van der Waals surface area contributed by atoms with Crippen LogP contribution in [0.5, 0.6) is 0 Å². The van der Waals surface area contributed by atoms with Crippen molar-refractivity contribution < 1.29 is 4.39 Å². The van der Waals surface area contributed by atoms with E-state index in [1.54, 1.807) is 30.0 Å². The maximum Gasteiger partial charge on any atom is 0.137 e. The van der Waals surface area contributed by atoms with Crippen LogP contribution in [-0.4, -0.2) is 69.8 Å². The van der Waals surface area contributed by atoms with Crippen LogP contribution in [-0.2, 0) is 10.8 Å². The minimum Gasteiger partial charge on any atom is -0.241 e. The molecule has 77 heavy (non-hydrogen) atoms. The Bertz CT molecular complexity index is 2750. The molecule has 8 rings (SSSR count). The van der Waals surface area contributed by atoms with Gasteiger partial charge in [-0.2, -0.15) is 0 Å². The largest absolute Gasteiger partial charge is 0.241 e. The summed E-state index contributed by atoms with van der Waals surface area (Å²) in [5.74, 6) is 9.46. The summed E-state index contributed by atoms with van der Waals surface area (Å²) in [5, 5.41) is 3.86. The molecule has 8 aromatic rings. The Hall–Kier alpha value is -5.85. The van der Waals surface area contributed by atoms with Gasteiger partial charge in [0.2, 0.25) is 0 Å². The van der Waals surface area contributed by atoms with Crippen molar-refractivity contribution in [3.05, 3.63) is 160 Å². The zero-order valence-electron chi connectivity index (χ0n) is 51.2. The molecule has 0 bridgehead atoms. The smallest absolute Gasteiger partial charge is 0.137 e. The predicted molar refractivity (Wildman–Crippen MR) is 320 cm³/mol. The van der Waals surface area contributed by atoms with Gasteiger partial charge in [0, 0.05) is 53.6 Å². The fraction of sp³-hybridized carbons (Fsp3) is 0.525. The molecule has 0 unspecified atom stereocenters. The normalized spacial score (nSPS) is 10.6. The Morgan fingerprint density at radius 3 is 1.13 bits per heavy atom. The minimum atomic E-state index is -0.0926. The number of halogens is 1. The van der Waals surface area contributed by atoms with Crippen molar-refractivity contribution in [2.75, 3.05) is 0 Å². The van der Waals surface area contributed by atoms with Crippen molar-refractivity contribution in [3.8, 4) is 0 Å². The molecule has 18 heteroatoms. The molecule has 14 nitrogen and oxygen atoms in total. The molecule has 0 saturated heterocycles. The second-order valence-corrected chi connectivity index (χ2v) is 25.0. The van der Waals surface area contributed by atoms with Crippen molar-refractivity contribution in [3.63, 3.8) is 0 Å². The average molecular weight is 1110 g/mol. The Morgan fingerprint density at radius 1 is 0.429 bits per heavy atom. The van der Waals surface area contributed by atoms with E-state index in [0.717, 1.165) is 74.5 Å². The highest BCUT2D eigenvalue weighted by Gasteiger charge is 2.24. The highest BCUT2D eigenvalue weighted by Crippen LogP contribution is 2.23. The molecule has 0 amide bonds. The Labute approximate surface area is 473 Å². The fourth-order valence-corrected chi connectivity index (χ4v) is 8.22. The zero-order valence-corrected chi connectivity index (χ0v) is 53.7. The molecular weight excluding hydrogens is 1020 g/mol. The highest BCUT2D eigenvalue weighted by molar-refractivity contribution is 7.12. The summed E-state index contributed by atoms with van der Waals surface area (Å²) in [6, 6.07) is 5.83. The quantitative estimate of drug-likeness (QED) is 0.163. The Morgan fingerprint density at radius 2 is 0.870 bits per heavy atom. The van der Waals surface area contributed by atoms with Crippen LogP contribution in [0.15, 0.2) is 47.9 Å². The number of aromatic nitrogens is 14. The molecule has 420 valence electrons. The Balaban J connectivity index is 0.000000447. The summed E-state index contributed by atoms with van der Waals surface area (Å²) in [6.07, 6.45) is 4.59. The Kier molecular flexibility index (Phi) is 30.0. The predicted octanol–water partition coefficient (Wildman–Crippen LogP) is 15.6. The van der Waals surface area contributed by atoms with E-state index in [0.29, 0.717) is 17.8 Å². The van der Waals surface area contributed by atoms with E-state index in [1.807, 2.05) is 59.8 Å². The summed E-state index contributed by atoms with van der Waals surface area (Å²) in [6.45, 7) is 53.2. The molecule has 0 aliphatic carbocycles.